The summed E-state index contributed by atoms with van der Waals surface area (Å²) in [6.45, 7) is 12.0. The Bertz CT molecular complexity index is 1060. The van der Waals surface area contributed by atoms with E-state index in [4.69, 9.17) is 12.6 Å². The number of carbonyl (C=O) groups is 1. The van der Waals surface area contributed by atoms with Crippen LogP contribution in [0.5, 0.6) is 0 Å². The Morgan fingerprint density at radius 1 is 1.20 bits per heavy atom. The molecule has 9 heteroatoms. The van der Waals surface area contributed by atoms with Crippen molar-refractivity contribution in [2.45, 2.75) is 36.6 Å². The van der Waals surface area contributed by atoms with Crippen molar-refractivity contribution in [3.05, 3.63) is 36.9 Å². The van der Waals surface area contributed by atoms with Crippen LogP contribution in [0, 0.1) is 0 Å². The lowest BCUT2D eigenvalue weighted by atomic mass is 10.1. The maximum absolute atomic E-state index is 13.3. The second-order valence-corrected chi connectivity index (χ2v) is 10.7. The Hall–Kier alpha value is -2.10. The first kappa shape index (κ1) is 22.6. The van der Waals surface area contributed by atoms with Crippen LogP contribution in [0.15, 0.2) is 41.8 Å². The molecule has 2 aromatic rings. The molecule has 2 heterocycles. The molecule has 0 N–H and O–H groups in total. The van der Waals surface area contributed by atoms with Crippen LogP contribution < -0.4 is 5.59 Å². The van der Waals surface area contributed by atoms with Crippen LogP contribution >= 0.6 is 0 Å². The molecule has 2 radical (unpaired) electrons. The van der Waals surface area contributed by atoms with Crippen LogP contribution in [-0.4, -0.2) is 80.9 Å². The maximum atomic E-state index is 13.3. The number of ether oxygens (including phenoxy) is 1. The Kier molecular flexibility index (Phi) is 6.18. The molecule has 7 nitrogen and oxygen atoms in total. The average Bonchev–Trinajstić information content (AvgIpc) is 2.97. The smallest absolute Gasteiger partial charge is 0.418 e. The Morgan fingerprint density at radius 2 is 1.83 bits per heavy atom. The van der Waals surface area contributed by atoms with E-state index in [1.807, 2.05) is 11.9 Å². The second-order valence-electron chi connectivity index (χ2n) is 8.62. The average molecular weight is 429 g/mol. The number of benzene rings is 1. The van der Waals surface area contributed by atoms with Gasteiger partial charge in [-0.1, -0.05) is 6.08 Å². The van der Waals surface area contributed by atoms with E-state index in [1.54, 1.807) is 39.0 Å². The first-order valence-corrected chi connectivity index (χ1v) is 11.4. The normalized spacial score (nSPS) is 17.7. The Labute approximate surface area is 179 Å². The van der Waals surface area contributed by atoms with E-state index in [0.29, 0.717) is 24.0 Å². The van der Waals surface area contributed by atoms with Crippen LogP contribution in [0.2, 0.25) is 0 Å². The lowest BCUT2D eigenvalue weighted by Gasteiger charge is -2.36. The van der Waals surface area contributed by atoms with E-state index in [2.05, 4.69) is 11.5 Å². The van der Waals surface area contributed by atoms with Crippen LogP contribution in [0.1, 0.15) is 20.8 Å². The molecule has 1 aliphatic rings. The summed E-state index contributed by atoms with van der Waals surface area (Å²) in [6.07, 6.45) is 0.873. The Balaban J connectivity index is 1.97. The van der Waals surface area contributed by atoms with Crippen molar-refractivity contribution in [2.24, 2.45) is 0 Å². The molecule has 160 valence electrons. The number of likely N-dealkylation sites (N-methyl/N-ethyl adjacent to an activating group) is 1. The van der Waals surface area contributed by atoms with Gasteiger partial charge in [-0.15, -0.1) is 6.58 Å². The predicted molar refractivity (Wildman–Crippen MR) is 119 cm³/mol. The topological polar surface area (TPSA) is 71.9 Å². The van der Waals surface area contributed by atoms with Gasteiger partial charge < -0.3 is 9.64 Å². The van der Waals surface area contributed by atoms with Gasteiger partial charge in [0.25, 0.3) is 0 Å². The van der Waals surface area contributed by atoms with Crippen molar-refractivity contribution in [1.29, 1.82) is 0 Å². The first-order chi connectivity index (χ1) is 13.9. The number of rotatable bonds is 4. The summed E-state index contributed by atoms with van der Waals surface area (Å²) in [6, 6.07) is 6.22. The third kappa shape index (κ3) is 4.48. The molecule has 0 saturated carbocycles. The number of piperazine rings is 1. The molecular formula is C21H28BN3O4S. The van der Waals surface area contributed by atoms with Crippen molar-refractivity contribution in [1.82, 2.24) is 14.4 Å². The van der Waals surface area contributed by atoms with Crippen LogP contribution in [0.4, 0.5) is 4.79 Å². The highest BCUT2D eigenvalue weighted by Crippen LogP contribution is 2.25. The van der Waals surface area contributed by atoms with Gasteiger partial charge in [0.15, 0.2) is 9.84 Å². The second kappa shape index (κ2) is 8.21. The summed E-state index contributed by atoms with van der Waals surface area (Å²) in [5.74, 6) is 0. The fourth-order valence-corrected chi connectivity index (χ4v) is 5.28. The summed E-state index contributed by atoms with van der Waals surface area (Å²) in [5.41, 5.74) is 0.00639. The van der Waals surface area contributed by atoms with E-state index < -0.39 is 26.9 Å². The van der Waals surface area contributed by atoms with Crippen molar-refractivity contribution in [3.63, 3.8) is 0 Å². The van der Waals surface area contributed by atoms with Gasteiger partial charge in [0.2, 0.25) is 0 Å². The molecule has 1 aromatic heterocycles. The summed E-state index contributed by atoms with van der Waals surface area (Å²) < 4.78 is 33.4. The zero-order valence-electron chi connectivity index (χ0n) is 18.0. The monoisotopic (exact) mass is 429 g/mol. The Morgan fingerprint density at radius 3 is 2.40 bits per heavy atom. The van der Waals surface area contributed by atoms with Gasteiger partial charge in [-0.25, -0.2) is 13.2 Å². The van der Waals surface area contributed by atoms with E-state index in [1.165, 1.54) is 16.7 Å². The number of hydrogen-bond acceptors (Lipinski definition) is 6. The molecule has 0 bridgehead atoms. The van der Waals surface area contributed by atoms with Gasteiger partial charge in [0.05, 0.1) is 10.4 Å². The standard InChI is InChI=1S/C21H28BN3O4S/c1-6-19(24-11-9-23(5)10-12-24)30(27,28)16-7-8-17-15(13-16)14-18(22)25(17)20(26)29-21(2,3)4/h6-8,13-14,19H,1,9-12H2,2-5H3. The third-order valence-corrected chi connectivity index (χ3v) is 7.16. The number of fused-ring (bicyclic) bond motifs is 1. The van der Waals surface area contributed by atoms with Gasteiger partial charge in [-0.3, -0.25) is 9.47 Å². The third-order valence-electron chi connectivity index (χ3n) is 5.12. The molecule has 0 spiro atoms. The molecule has 30 heavy (non-hydrogen) atoms. The minimum absolute atomic E-state index is 0.167. The van der Waals surface area contributed by atoms with E-state index in [9.17, 15) is 13.2 Å². The molecule has 1 saturated heterocycles. The summed E-state index contributed by atoms with van der Waals surface area (Å²) in [7, 11) is 4.36. The van der Waals surface area contributed by atoms with Crippen LogP contribution in [-0.2, 0) is 14.6 Å². The number of aromatic nitrogens is 1. The summed E-state index contributed by atoms with van der Waals surface area (Å²) >= 11 is 0. The molecule has 1 aliphatic heterocycles. The number of nitrogens with zero attached hydrogens (tertiary/aromatic N) is 3. The predicted octanol–water partition coefficient (Wildman–Crippen LogP) is 1.75. The lowest BCUT2D eigenvalue weighted by Crippen LogP contribution is -2.50. The van der Waals surface area contributed by atoms with Gasteiger partial charge in [0.1, 0.15) is 18.8 Å². The molecule has 0 aliphatic carbocycles. The largest absolute Gasteiger partial charge is 0.443 e. The fourth-order valence-electron chi connectivity index (χ4n) is 3.59. The highest BCUT2D eigenvalue weighted by Gasteiger charge is 2.32. The maximum Gasteiger partial charge on any atom is 0.418 e. The minimum Gasteiger partial charge on any atom is -0.443 e. The SMILES string of the molecule is [B]c1cc2cc(S(=O)(=O)C(C=C)N3CCN(C)CC3)ccc2n1C(=O)OC(C)(C)C. The van der Waals surface area contributed by atoms with Crippen LogP contribution in [0.25, 0.3) is 10.9 Å². The van der Waals surface area contributed by atoms with E-state index in [-0.39, 0.29) is 10.5 Å². The summed E-state index contributed by atoms with van der Waals surface area (Å²) in [4.78, 5) is 16.8. The molecule has 1 aromatic carbocycles. The highest BCUT2D eigenvalue weighted by molar-refractivity contribution is 7.92. The highest BCUT2D eigenvalue weighted by atomic mass is 32.2. The molecule has 1 unspecified atom stereocenters. The zero-order valence-corrected chi connectivity index (χ0v) is 18.8. The van der Waals surface area contributed by atoms with Gasteiger partial charge in [-0.2, -0.15) is 0 Å². The van der Waals surface area contributed by atoms with Crippen molar-refractivity contribution in [3.8, 4) is 0 Å². The molecule has 1 fully saturated rings. The van der Waals surface area contributed by atoms with Crippen molar-refractivity contribution >= 4 is 40.3 Å². The van der Waals surface area contributed by atoms with Gasteiger partial charge >= 0.3 is 6.09 Å². The molecule has 1 atom stereocenters. The first-order valence-electron chi connectivity index (χ1n) is 9.87. The minimum atomic E-state index is -3.69. The molecule has 0 amide bonds. The summed E-state index contributed by atoms with van der Waals surface area (Å²) in [5, 5.41) is -0.255. The lowest BCUT2D eigenvalue weighted by molar-refractivity contribution is 0.0549. The van der Waals surface area contributed by atoms with Gasteiger partial charge in [0, 0.05) is 31.6 Å². The van der Waals surface area contributed by atoms with Crippen LogP contribution in [0.3, 0.4) is 0 Å². The zero-order chi connectivity index (χ0) is 22.3. The number of carbonyl (C=O) groups excluding carboxylic acids is 1. The quantitative estimate of drug-likeness (QED) is 0.545. The number of hydrogen-bond donors (Lipinski definition) is 0. The fraction of sp³-hybridized carbons (Fsp3) is 0.476. The molecular weight excluding hydrogens is 401 g/mol. The van der Waals surface area contributed by atoms with Gasteiger partial charge in [-0.05, 0) is 57.7 Å². The van der Waals surface area contributed by atoms with Crippen molar-refractivity contribution < 1.29 is 17.9 Å². The van der Waals surface area contributed by atoms with Crippen molar-refractivity contribution in [2.75, 3.05) is 33.2 Å². The molecule has 3 rings (SSSR count). The van der Waals surface area contributed by atoms with E-state index >= 15 is 0 Å². The van der Waals surface area contributed by atoms with E-state index in [0.717, 1.165) is 13.1 Å². The number of sulfone groups is 1.